The summed E-state index contributed by atoms with van der Waals surface area (Å²) in [5.41, 5.74) is 3.18. The van der Waals surface area contributed by atoms with Crippen LogP contribution in [0.25, 0.3) is 0 Å². The highest BCUT2D eigenvalue weighted by Crippen LogP contribution is 2.44. The Morgan fingerprint density at radius 1 is 1.26 bits per heavy atom. The number of urea groups is 1. The summed E-state index contributed by atoms with van der Waals surface area (Å²) in [4.78, 5) is 11.1. The van der Waals surface area contributed by atoms with Gasteiger partial charge in [0.25, 0.3) is 0 Å². The van der Waals surface area contributed by atoms with Crippen molar-refractivity contribution in [3.05, 3.63) is 48.0 Å². The zero-order valence-corrected chi connectivity index (χ0v) is 15.6. The molecule has 1 heterocycles. The van der Waals surface area contributed by atoms with Crippen LogP contribution in [0.15, 0.2) is 42.5 Å². The monoisotopic (exact) mass is 372 g/mol. The molecule has 27 heavy (non-hydrogen) atoms. The molecule has 0 bridgehead atoms. The summed E-state index contributed by atoms with van der Waals surface area (Å²) >= 11 is 0. The molecule has 1 aliphatic heterocycles. The molecule has 7 heteroatoms. The maximum Gasteiger partial charge on any atom is 0.342 e. The molecule has 0 aliphatic carbocycles. The lowest BCUT2D eigenvalue weighted by Crippen LogP contribution is -2.41. The molecule has 7 nitrogen and oxygen atoms in total. The third kappa shape index (κ3) is 4.15. The smallest absolute Gasteiger partial charge is 0.342 e. The van der Waals surface area contributed by atoms with Crippen LogP contribution in [0.2, 0.25) is 0 Å². The van der Waals surface area contributed by atoms with E-state index in [2.05, 4.69) is 12.2 Å². The number of carbonyl (C=O) groups is 1. The maximum absolute atomic E-state index is 11.1. The molecule has 0 aromatic heterocycles. The average molecular weight is 372 g/mol. The Morgan fingerprint density at radius 2 is 1.96 bits per heavy atom. The van der Waals surface area contributed by atoms with Crippen LogP contribution in [0.5, 0.6) is 17.2 Å². The molecule has 0 radical (unpaired) electrons. The zero-order chi connectivity index (χ0) is 19.4. The lowest BCUT2D eigenvalue weighted by molar-refractivity contribution is -0.180. The van der Waals surface area contributed by atoms with Gasteiger partial charge in [0, 0.05) is 31.7 Å². The minimum atomic E-state index is -0.706. The van der Waals surface area contributed by atoms with Crippen LogP contribution in [0.3, 0.4) is 0 Å². The molecule has 2 atom stereocenters. The van der Waals surface area contributed by atoms with Crippen molar-refractivity contribution in [1.29, 1.82) is 0 Å². The largest absolute Gasteiger partial charge is 0.462 e. The number of amides is 2. The van der Waals surface area contributed by atoms with E-state index in [1.54, 1.807) is 31.4 Å². The molecule has 0 fully saturated rings. The Bertz CT molecular complexity index is 803. The van der Waals surface area contributed by atoms with Gasteiger partial charge in [0.1, 0.15) is 17.2 Å². The lowest BCUT2D eigenvalue weighted by atomic mass is 9.88. The fourth-order valence-electron chi connectivity index (χ4n) is 3.28. The van der Waals surface area contributed by atoms with Crippen LogP contribution in [0, 0.1) is 0 Å². The molecular weight excluding hydrogens is 348 g/mol. The highest BCUT2D eigenvalue weighted by molar-refractivity contribution is 5.88. The molecule has 0 saturated carbocycles. The van der Waals surface area contributed by atoms with Gasteiger partial charge in [-0.15, -0.1) is 0 Å². The molecule has 1 aliphatic rings. The van der Waals surface area contributed by atoms with Crippen LogP contribution in [0.4, 0.5) is 10.5 Å². The second-order valence-electron chi connectivity index (χ2n) is 6.57. The summed E-state index contributed by atoms with van der Waals surface area (Å²) in [5.74, 6) is 1.75. The molecule has 0 saturated heterocycles. The number of carbonyl (C=O) groups excluding carboxylic acids is 1. The molecule has 2 unspecified atom stereocenters. The summed E-state index contributed by atoms with van der Waals surface area (Å²) < 4.78 is 17.7. The third-order valence-corrected chi connectivity index (χ3v) is 4.79. The number of benzene rings is 2. The van der Waals surface area contributed by atoms with Crippen LogP contribution in [-0.2, 0) is 4.74 Å². The van der Waals surface area contributed by atoms with Gasteiger partial charge in [-0.3, -0.25) is 5.21 Å². The van der Waals surface area contributed by atoms with E-state index >= 15 is 0 Å². The number of hydrogen-bond donors (Lipinski definition) is 3. The van der Waals surface area contributed by atoms with Gasteiger partial charge >= 0.3 is 6.03 Å². The van der Waals surface area contributed by atoms with Crippen molar-refractivity contribution in [2.45, 2.75) is 38.4 Å². The first-order valence-electron chi connectivity index (χ1n) is 8.85. The van der Waals surface area contributed by atoms with Gasteiger partial charge in [0.2, 0.25) is 5.79 Å². The van der Waals surface area contributed by atoms with Gasteiger partial charge < -0.3 is 19.5 Å². The van der Waals surface area contributed by atoms with E-state index < -0.39 is 11.8 Å². The normalized spacial score (nSPS) is 21.0. The second-order valence-corrected chi connectivity index (χ2v) is 6.57. The fourth-order valence-corrected chi connectivity index (χ4v) is 3.28. The molecule has 3 N–H and O–H groups in total. The summed E-state index contributed by atoms with van der Waals surface area (Å²) in [5, 5.41) is 11.0. The van der Waals surface area contributed by atoms with Crippen LogP contribution in [-0.4, -0.2) is 24.1 Å². The molecule has 3 rings (SSSR count). The molecular formula is C20H24N2O5. The molecule has 144 valence electrons. The summed E-state index contributed by atoms with van der Waals surface area (Å²) in [6.07, 6.45) is 1.57. The van der Waals surface area contributed by atoms with Gasteiger partial charge in [-0.1, -0.05) is 19.9 Å². The lowest BCUT2D eigenvalue weighted by Gasteiger charge is -2.39. The van der Waals surface area contributed by atoms with Crippen LogP contribution >= 0.6 is 0 Å². The third-order valence-electron chi connectivity index (χ3n) is 4.79. The van der Waals surface area contributed by atoms with Crippen molar-refractivity contribution in [2.24, 2.45) is 0 Å². The Hall–Kier alpha value is -2.77. The quantitative estimate of drug-likeness (QED) is 0.526. The highest BCUT2D eigenvalue weighted by Gasteiger charge is 2.38. The predicted molar refractivity (Wildman–Crippen MR) is 101 cm³/mol. The van der Waals surface area contributed by atoms with Gasteiger partial charge in [-0.25, -0.2) is 10.3 Å². The first-order chi connectivity index (χ1) is 13.0. The van der Waals surface area contributed by atoms with Gasteiger partial charge in [-0.2, -0.15) is 0 Å². The SMILES string of the molecule is CCC1(OC)CC(C)c2ccc(Oc3ccc(NC(=O)NO)cc3)cc2O1. The number of nitrogens with one attached hydrogen (secondary N) is 2. The number of fused-ring (bicyclic) bond motifs is 1. The minimum Gasteiger partial charge on any atom is -0.462 e. The summed E-state index contributed by atoms with van der Waals surface area (Å²) in [7, 11) is 1.67. The van der Waals surface area contributed by atoms with Crippen LogP contribution in [0.1, 0.15) is 38.2 Å². The van der Waals surface area contributed by atoms with Crippen molar-refractivity contribution in [3.8, 4) is 17.2 Å². The Labute approximate surface area is 158 Å². The first-order valence-corrected chi connectivity index (χ1v) is 8.85. The molecule has 2 aromatic carbocycles. The van der Waals surface area contributed by atoms with Crippen molar-refractivity contribution in [1.82, 2.24) is 5.48 Å². The standard InChI is InChI=1S/C20H24N2O5/c1-4-20(25-3)12-13(2)17-10-9-16(11-18(17)27-20)26-15-7-5-14(6-8-15)21-19(23)22-24/h5-11,13,24H,4,12H2,1-3H3,(H2,21,22,23). The number of ether oxygens (including phenoxy) is 3. The van der Waals surface area contributed by atoms with E-state index in [0.717, 1.165) is 24.2 Å². The van der Waals surface area contributed by atoms with Gasteiger partial charge in [-0.05, 0) is 41.8 Å². The molecule has 0 spiro atoms. The number of hydroxylamine groups is 1. The fraction of sp³-hybridized carbons (Fsp3) is 0.350. The Morgan fingerprint density at radius 3 is 2.59 bits per heavy atom. The maximum atomic E-state index is 11.1. The van der Waals surface area contributed by atoms with Crippen molar-refractivity contribution in [2.75, 3.05) is 12.4 Å². The van der Waals surface area contributed by atoms with Gasteiger partial charge in [0.15, 0.2) is 0 Å². The number of rotatable bonds is 5. The second kappa shape index (κ2) is 7.85. The summed E-state index contributed by atoms with van der Waals surface area (Å²) in [6.45, 7) is 4.22. The number of anilines is 1. The van der Waals surface area contributed by atoms with E-state index in [1.165, 1.54) is 5.48 Å². The zero-order valence-electron chi connectivity index (χ0n) is 15.6. The minimum absolute atomic E-state index is 0.325. The van der Waals surface area contributed by atoms with Gasteiger partial charge in [0.05, 0.1) is 0 Å². The van der Waals surface area contributed by atoms with E-state index in [0.29, 0.717) is 23.1 Å². The van der Waals surface area contributed by atoms with Crippen molar-refractivity contribution >= 4 is 11.7 Å². The topological polar surface area (TPSA) is 89.1 Å². The van der Waals surface area contributed by atoms with Crippen molar-refractivity contribution < 1.29 is 24.2 Å². The number of hydrogen-bond acceptors (Lipinski definition) is 5. The van der Waals surface area contributed by atoms with E-state index in [1.807, 2.05) is 25.1 Å². The van der Waals surface area contributed by atoms with E-state index in [4.69, 9.17) is 19.4 Å². The van der Waals surface area contributed by atoms with E-state index in [9.17, 15) is 4.79 Å². The number of methoxy groups -OCH3 is 1. The first kappa shape index (κ1) is 19.0. The average Bonchev–Trinajstić information content (AvgIpc) is 2.69. The van der Waals surface area contributed by atoms with Crippen LogP contribution < -0.4 is 20.3 Å². The molecule has 2 aromatic rings. The van der Waals surface area contributed by atoms with E-state index in [-0.39, 0.29) is 0 Å². The predicted octanol–water partition coefficient (Wildman–Crippen LogP) is 4.63. The Kier molecular flexibility index (Phi) is 5.53. The van der Waals surface area contributed by atoms with Crippen molar-refractivity contribution in [3.63, 3.8) is 0 Å². The summed E-state index contributed by atoms with van der Waals surface area (Å²) in [6, 6.07) is 11.9. The molecule has 2 amide bonds. The Balaban J connectivity index is 1.76. The highest BCUT2D eigenvalue weighted by atomic mass is 16.7.